The summed E-state index contributed by atoms with van der Waals surface area (Å²) in [6, 6.07) is 14.3. The number of amides is 1. The number of anilines is 1. The van der Waals surface area contributed by atoms with Gasteiger partial charge in [-0.05, 0) is 49.3 Å². The molecule has 5 rings (SSSR count). The molecule has 1 spiro atoms. The lowest BCUT2D eigenvalue weighted by Gasteiger charge is -2.53. The Kier molecular flexibility index (Phi) is 5.74. The summed E-state index contributed by atoms with van der Waals surface area (Å²) in [5, 5.41) is 3.11. The first-order chi connectivity index (χ1) is 15.5. The first-order valence-electron chi connectivity index (χ1n) is 11.1. The van der Waals surface area contributed by atoms with E-state index in [1.807, 2.05) is 24.4 Å². The van der Waals surface area contributed by atoms with Crippen LogP contribution in [0.1, 0.15) is 31.4 Å². The van der Waals surface area contributed by atoms with Crippen LogP contribution in [0.15, 0.2) is 54.7 Å². The monoisotopic (exact) mass is 452 g/mol. The lowest BCUT2D eigenvalue weighted by Crippen LogP contribution is -2.57. The van der Waals surface area contributed by atoms with Gasteiger partial charge in [-0.1, -0.05) is 41.9 Å². The third kappa shape index (κ3) is 4.57. The normalized spacial score (nSPS) is 18.4. The number of carbonyl (C=O) groups is 1. The van der Waals surface area contributed by atoms with Crippen LogP contribution in [0.5, 0.6) is 0 Å². The molecule has 2 N–H and O–H groups in total. The summed E-state index contributed by atoms with van der Waals surface area (Å²) in [5.41, 5.74) is 2.96. The molecule has 0 bridgehead atoms. The van der Waals surface area contributed by atoms with Crippen molar-refractivity contribution in [3.8, 4) is 11.4 Å². The molecule has 0 unspecified atom stereocenters. The Morgan fingerprint density at radius 3 is 2.66 bits per heavy atom. The molecule has 1 aromatic heterocycles. The number of nitrogens with zero attached hydrogens (tertiary/aromatic N) is 2. The molecule has 1 aliphatic heterocycles. The summed E-state index contributed by atoms with van der Waals surface area (Å²) in [4.78, 5) is 23.0. The molecule has 3 aromatic rings. The fourth-order valence-corrected chi connectivity index (χ4v) is 5.34. The Hall–Kier alpha value is -2.70. The minimum atomic E-state index is -0.446. The fraction of sp³-hybridized carbons (Fsp3) is 0.360. The number of H-pyrrole nitrogens is 1. The molecule has 1 saturated heterocycles. The average Bonchev–Trinajstić information content (AvgIpc) is 3.22. The van der Waals surface area contributed by atoms with Crippen LogP contribution in [-0.2, 0) is 11.3 Å². The molecule has 2 fully saturated rings. The minimum absolute atomic E-state index is 0.0299. The standard InChI is InChI=1S/C25H26ClFN4O/c26-19-10-20(27)12-21(11-19)30-24(32)18-6-8-25(9-7-18)15-31(16-25)14-22-13-28-23(29-22)17-4-2-1-3-5-17/h1-5,10-13,18H,6-9,14-16H2,(H,28,29)(H,30,32). The van der Waals surface area contributed by atoms with Gasteiger partial charge >= 0.3 is 0 Å². The number of benzene rings is 2. The number of likely N-dealkylation sites (tertiary alicyclic amines) is 1. The largest absolute Gasteiger partial charge is 0.341 e. The number of nitrogens with one attached hydrogen (secondary N) is 2. The summed E-state index contributed by atoms with van der Waals surface area (Å²) in [6.45, 7) is 2.98. The Labute approximate surface area is 192 Å². The van der Waals surface area contributed by atoms with Crippen molar-refractivity contribution < 1.29 is 9.18 Å². The van der Waals surface area contributed by atoms with Gasteiger partial charge < -0.3 is 10.3 Å². The highest BCUT2D eigenvalue weighted by atomic mass is 35.5. The van der Waals surface area contributed by atoms with E-state index >= 15 is 0 Å². The number of hydrogen-bond donors (Lipinski definition) is 2. The maximum absolute atomic E-state index is 13.5. The maximum atomic E-state index is 13.5. The quantitative estimate of drug-likeness (QED) is 0.537. The van der Waals surface area contributed by atoms with Crippen molar-refractivity contribution in [2.24, 2.45) is 11.3 Å². The predicted octanol–water partition coefficient (Wildman–Crippen LogP) is 5.50. The van der Waals surface area contributed by atoms with Crippen LogP contribution >= 0.6 is 11.6 Å². The Balaban J connectivity index is 1.10. The van der Waals surface area contributed by atoms with E-state index in [1.165, 1.54) is 12.1 Å². The summed E-state index contributed by atoms with van der Waals surface area (Å²) >= 11 is 5.89. The summed E-state index contributed by atoms with van der Waals surface area (Å²) in [5.74, 6) is 0.390. The van der Waals surface area contributed by atoms with E-state index < -0.39 is 5.82 Å². The molecule has 0 radical (unpaired) electrons. The third-order valence-corrected chi connectivity index (χ3v) is 6.95. The van der Waals surface area contributed by atoms with Crippen LogP contribution in [0.25, 0.3) is 11.4 Å². The Morgan fingerprint density at radius 1 is 1.19 bits per heavy atom. The number of halogens is 2. The number of aromatic nitrogens is 2. The second-order valence-corrected chi connectivity index (χ2v) is 9.63. The van der Waals surface area contributed by atoms with Crippen LogP contribution in [0.2, 0.25) is 5.02 Å². The summed E-state index contributed by atoms with van der Waals surface area (Å²) in [6.07, 6.45) is 5.75. The number of hydrogen-bond acceptors (Lipinski definition) is 3. The maximum Gasteiger partial charge on any atom is 0.227 e. The lowest BCUT2D eigenvalue weighted by molar-refractivity contribution is -0.123. The van der Waals surface area contributed by atoms with Crippen molar-refractivity contribution in [2.75, 3.05) is 18.4 Å². The molecule has 2 aromatic carbocycles. The van der Waals surface area contributed by atoms with E-state index in [4.69, 9.17) is 11.6 Å². The summed E-state index contributed by atoms with van der Waals surface area (Å²) in [7, 11) is 0. The van der Waals surface area contributed by atoms with Crippen molar-refractivity contribution in [3.63, 3.8) is 0 Å². The van der Waals surface area contributed by atoms with Gasteiger partial charge in [0.15, 0.2) is 0 Å². The van der Waals surface area contributed by atoms with E-state index in [0.717, 1.165) is 62.4 Å². The number of imidazole rings is 1. The van der Waals surface area contributed by atoms with Crippen LogP contribution in [0, 0.1) is 17.2 Å². The molecular formula is C25H26ClFN4O. The minimum Gasteiger partial charge on any atom is -0.341 e. The SMILES string of the molecule is O=C(Nc1cc(F)cc(Cl)c1)C1CCC2(CC1)CN(Cc1cnc(-c3ccccc3)[nH]1)C2. The number of aromatic amines is 1. The molecule has 1 aliphatic carbocycles. The van der Waals surface area contributed by atoms with Gasteiger partial charge in [0.2, 0.25) is 5.91 Å². The van der Waals surface area contributed by atoms with Gasteiger partial charge in [0.05, 0.1) is 0 Å². The zero-order chi connectivity index (χ0) is 22.1. The van der Waals surface area contributed by atoms with E-state index in [2.05, 4.69) is 32.3 Å². The molecule has 2 heterocycles. The lowest BCUT2D eigenvalue weighted by atomic mass is 9.65. The van der Waals surface area contributed by atoms with Crippen LogP contribution in [0.3, 0.4) is 0 Å². The first kappa shape index (κ1) is 21.2. The second kappa shape index (κ2) is 8.68. The van der Waals surface area contributed by atoms with E-state index in [-0.39, 0.29) is 16.8 Å². The summed E-state index contributed by atoms with van der Waals surface area (Å²) < 4.78 is 13.5. The Morgan fingerprint density at radius 2 is 1.94 bits per heavy atom. The third-order valence-electron chi connectivity index (χ3n) is 6.73. The van der Waals surface area contributed by atoms with Crippen molar-refractivity contribution in [2.45, 2.75) is 32.2 Å². The van der Waals surface area contributed by atoms with Crippen molar-refractivity contribution in [3.05, 3.63) is 71.3 Å². The second-order valence-electron chi connectivity index (χ2n) is 9.19. The molecule has 32 heavy (non-hydrogen) atoms. The predicted molar refractivity (Wildman–Crippen MR) is 124 cm³/mol. The van der Waals surface area contributed by atoms with Crippen LogP contribution < -0.4 is 5.32 Å². The highest BCUT2D eigenvalue weighted by Crippen LogP contribution is 2.46. The van der Waals surface area contributed by atoms with E-state index in [0.29, 0.717) is 11.1 Å². The topological polar surface area (TPSA) is 61.0 Å². The molecule has 1 amide bonds. The van der Waals surface area contributed by atoms with Crippen molar-refractivity contribution >= 4 is 23.2 Å². The molecular weight excluding hydrogens is 427 g/mol. The zero-order valence-corrected chi connectivity index (χ0v) is 18.5. The first-order valence-corrected chi connectivity index (χ1v) is 11.4. The average molecular weight is 453 g/mol. The van der Waals surface area contributed by atoms with Crippen LogP contribution in [0.4, 0.5) is 10.1 Å². The molecule has 1 saturated carbocycles. The van der Waals surface area contributed by atoms with Gasteiger partial charge in [-0.2, -0.15) is 0 Å². The zero-order valence-electron chi connectivity index (χ0n) is 17.8. The highest BCUT2D eigenvalue weighted by Gasteiger charge is 2.45. The smallest absolute Gasteiger partial charge is 0.227 e. The fourth-order valence-electron chi connectivity index (χ4n) is 5.12. The van der Waals surface area contributed by atoms with Crippen LogP contribution in [-0.4, -0.2) is 33.9 Å². The molecule has 0 atom stereocenters. The van der Waals surface area contributed by atoms with E-state index in [1.54, 1.807) is 6.07 Å². The van der Waals surface area contributed by atoms with E-state index in [9.17, 15) is 9.18 Å². The van der Waals surface area contributed by atoms with Gasteiger partial charge in [0.1, 0.15) is 11.6 Å². The van der Waals surface area contributed by atoms with Crippen molar-refractivity contribution in [1.29, 1.82) is 0 Å². The van der Waals surface area contributed by atoms with Gasteiger partial charge in [-0.3, -0.25) is 9.69 Å². The molecule has 7 heteroatoms. The Bertz CT molecular complexity index is 1080. The molecule has 5 nitrogen and oxygen atoms in total. The number of rotatable bonds is 5. The number of carbonyl (C=O) groups excluding carboxylic acids is 1. The highest BCUT2D eigenvalue weighted by molar-refractivity contribution is 6.30. The van der Waals surface area contributed by atoms with Gasteiger partial charge in [-0.15, -0.1) is 0 Å². The molecule has 2 aliphatic rings. The van der Waals surface area contributed by atoms with Gasteiger partial charge in [-0.25, -0.2) is 9.37 Å². The van der Waals surface area contributed by atoms with Gasteiger partial charge in [0, 0.05) is 53.7 Å². The molecule has 166 valence electrons. The van der Waals surface area contributed by atoms with Gasteiger partial charge in [0.25, 0.3) is 0 Å². The van der Waals surface area contributed by atoms with Crippen molar-refractivity contribution in [1.82, 2.24) is 14.9 Å².